The lowest BCUT2D eigenvalue weighted by molar-refractivity contribution is -0.136. The Labute approximate surface area is 223 Å². The van der Waals surface area contributed by atoms with Crippen LogP contribution in [0.5, 0.6) is 11.5 Å². The summed E-state index contributed by atoms with van der Waals surface area (Å²) in [6.07, 6.45) is 1.63. The molecule has 1 N–H and O–H groups in total. The standard InChI is InChI=1S/C27H28ClN3O5S/c1-6-30(7-2)18-10-8-16(20(32)14-18)12-22-25(33)31-24(19-13-17(28)9-11-21(19)35-4)23(26(34)36-5)15(3)29-27(31)37-22/h8-14,24,32H,6-7H2,1-5H3/b22-12-/t24-/m1/s1. The number of hydrogen-bond donors (Lipinski definition) is 1. The molecule has 2 aromatic carbocycles. The molecule has 0 unspecified atom stereocenters. The van der Waals surface area contributed by atoms with Crippen LogP contribution in [0, 0.1) is 0 Å². The normalized spacial score (nSPS) is 15.3. The van der Waals surface area contributed by atoms with Crippen molar-refractivity contribution >= 4 is 40.7 Å². The maximum absolute atomic E-state index is 13.8. The van der Waals surface area contributed by atoms with Crippen LogP contribution in [-0.4, -0.2) is 43.0 Å². The first-order valence-electron chi connectivity index (χ1n) is 11.8. The number of ether oxygens (including phenoxy) is 2. The van der Waals surface area contributed by atoms with E-state index in [1.54, 1.807) is 43.3 Å². The van der Waals surface area contributed by atoms with E-state index >= 15 is 0 Å². The number of aromatic nitrogens is 1. The van der Waals surface area contributed by atoms with Crippen LogP contribution >= 0.6 is 22.9 Å². The van der Waals surface area contributed by atoms with E-state index in [4.69, 9.17) is 21.1 Å². The number of halogens is 1. The van der Waals surface area contributed by atoms with Gasteiger partial charge in [0.2, 0.25) is 0 Å². The van der Waals surface area contributed by atoms with Crippen molar-refractivity contribution in [1.82, 2.24) is 4.57 Å². The van der Waals surface area contributed by atoms with Crippen LogP contribution in [-0.2, 0) is 9.53 Å². The number of methoxy groups -OCH3 is 2. The molecule has 194 valence electrons. The Kier molecular flexibility index (Phi) is 7.75. The van der Waals surface area contributed by atoms with Crippen molar-refractivity contribution in [3.05, 3.63) is 83.5 Å². The number of carbonyl (C=O) groups excluding carboxylic acids is 1. The fourth-order valence-electron chi connectivity index (χ4n) is 4.49. The summed E-state index contributed by atoms with van der Waals surface area (Å²) in [5.41, 5.74) is 2.21. The zero-order chi connectivity index (χ0) is 26.9. The highest BCUT2D eigenvalue weighted by molar-refractivity contribution is 7.07. The lowest BCUT2D eigenvalue weighted by atomic mass is 9.95. The van der Waals surface area contributed by atoms with Gasteiger partial charge in [-0.25, -0.2) is 9.79 Å². The largest absolute Gasteiger partial charge is 0.507 e. The smallest absolute Gasteiger partial charge is 0.338 e. The molecule has 10 heteroatoms. The molecule has 1 aliphatic heterocycles. The van der Waals surface area contributed by atoms with Crippen LogP contribution < -0.4 is 24.5 Å². The molecule has 1 aliphatic rings. The molecule has 37 heavy (non-hydrogen) atoms. The minimum absolute atomic E-state index is 0.0646. The van der Waals surface area contributed by atoms with E-state index in [0.29, 0.717) is 36.9 Å². The van der Waals surface area contributed by atoms with Gasteiger partial charge in [0.05, 0.1) is 30.0 Å². The SMILES string of the molecule is CCN(CC)c1ccc(/C=c2\sc3n(c2=O)[C@H](c2cc(Cl)ccc2OC)C(C(=O)OC)=C(C)N=3)c(O)c1. The molecule has 0 spiro atoms. The number of rotatable bonds is 7. The van der Waals surface area contributed by atoms with Crippen LogP contribution in [0.1, 0.15) is 37.9 Å². The van der Waals surface area contributed by atoms with Crippen LogP contribution in [0.3, 0.4) is 0 Å². The van der Waals surface area contributed by atoms with E-state index in [0.717, 1.165) is 18.8 Å². The minimum Gasteiger partial charge on any atom is -0.507 e. The Bertz CT molecular complexity index is 1570. The highest BCUT2D eigenvalue weighted by Gasteiger charge is 2.35. The van der Waals surface area contributed by atoms with Gasteiger partial charge in [0.15, 0.2) is 4.80 Å². The molecule has 0 amide bonds. The highest BCUT2D eigenvalue weighted by atomic mass is 35.5. The fraction of sp³-hybridized carbons (Fsp3) is 0.296. The lowest BCUT2D eigenvalue weighted by Crippen LogP contribution is -2.40. The van der Waals surface area contributed by atoms with Crippen LogP contribution in [0.25, 0.3) is 6.08 Å². The summed E-state index contributed by atoms with van der Waals surface area (Å²) in [7, 11) is 2.79. The number of nitrogens with zero attached hydrogens (tertiary/aromatic N) is 3. The van der Waals surface area contributed by atoms with Crippen molar-refractivity contribution in [3.8, 4) is 11.5 Å². The molecular weight excluding hydrogens is 514 g/mol. The van der Waals surface area contributed by atoms with Gasteiger partial charge in [0, 0.05) is 41.0 Å². The zero-order valence-electron chi connectivity index (χ0n) is 21.2. The van der Waals surface area contributed by atoms with Gasteiger partial charge in [-0.15, -0.1) is 0 Å². The summed E-state index contributed by atoms with van der Waals surface area (Å²) < 4.78 is 12.4. The van der Waals surface area contributed by atoms with Gasteiger partial charge >= 0.3 is 5.97 Å². The number of thiazole rings is 1. The summed E-state index contributed by atoms with van der Waals surface area (Å²) in [6.45, 7) is 7.41. The molecule has 0 aliphatic carbocycles. The Balaban J connectivity index is 1.94. The molecule has 0 saturated carbocycles. The van der Waals surface area contributed by atoms with E-state index in [9.17, 15) is 14.7 Å². The van der Waals surface area contributed by atoms with E-state index in [2.05, 4.69) is 9.89 Å². The first-order valence-corrected chi connectivity index (χ1v) is 13.0. The maximum Gasteiger partial charge on any atom is 0.338 e. The predicted molar refractivity (Wildman–Crippen MR) is 145 cm³/mol. The van der Waals surface area contributed by atoms with E-state index in [1.165, 1.54) is 30.1 Å². The van der Waals surface area contributed by atoms with E-state index in [1.807, 2.05) is 19.9 Å². The van der Waals surface area contributed by atoms with Crippen molar-refractivity contribution in [1.29, 1.82) is 0 Å². The van der Waals surface area contributed by atoms with Gasteiger partial charge in [0.25, 0.3) is 5.56 Å². The van der Waals surface area contributed by atoms with Crippen molar-refractivity contribution in [3.63, 3.8) is 0 Å². The second-order valence-corrected chi connectivity index (χ2v) is 9.82. The Hall–Kier alpha value is -3.56. The van der Waals surface area contributed by atoms with Crippen LogP contribution in [0.4, 0.5) is 5.69 Å². The number of aromatic hydroxyl groups is 1. The Morgan fingerprint density at radius 3 is 2.57 bits per heavy atom. The monoisotopic (exact) mass is 541 g/mol. The summed E-state index contributed by atoms with van der Waals surface area (Å²) in [6, 6.07) is 9.55. The molecule has 1 atom stereocenters. The molecule has 0 radical (unpaired) electrons. The number of anilines is 1. The quantitative estimate of drug-likeness (QED) is 0.459. The van der Waals surface area contributed by atoms with Crippen LogP contribution in [0.15, 0.2) is 57.5 Å². The second kappa shape index (κ2) is 10.8. The van der Waals surface area contributed by atoms with Gasteiger partial charge in [0.1, 0.15) is 17.5 Å². The lowest BCUT2D eigenvalue weighted by Gasteiger charge is -2.25. The Morgan fingerprint density at radius 2 is 1.95 bits per heavy atom. The average molecular weight is 542 g/mol. The number of phenols is 1. The number of esters is 1. The van der Waals surface area contributed by atoms with Crippen molar-refractivity contribution in [2.24, 2.45) is 4.99 Å². The minimum atomic E-state index is -0.863. The van der Waals surface area contributed by atoms with Gasteiger partial charge in [-0.3, -0.25) is 9.36 Å². The molecule has 8 nitrogen and oxygen atoms in total. The van der Waals surface area contributed by atoms with Gasteiger partial charge in [-0.1, -0.05) is 22.9 Å². The summed E-state index contributed by atoms with van der Waals surface area (Å²) in [5.74, 6) is -0.0772. The average Bonchev–Trinajstić information content (AvgIpc) is 3.19. The van der Waals surface area contributed by atoms with Crippen LogP contribution in [0.2, 0.25) is 5.02 Å². The third-order valence-corrected chi connectivity index (χ3v) is 7.56. The first kappa shape index (κ1) is 26.5. The summed E-state index contributed by atoms with van der Waals surface area (Å²) >= 11 is 7.48. The van der Waals surface area contributed by atoms with Crippen molar-refractivity contribution < 1.29 is 19.4 Å². The van der Waals surface area contributed by atoms with Gasteiger partial charge < -0.3 is 19.5 Å². The molecule has 1 aromatic heterocycles. The number of allylic oxidation sites excluding steroid dienone is 1. The summed E-state index contributed by atoms with van der Waals surface area (Å²) in [4.78, 5) is 33.7. The number of fused-ring (bicyclic) bond motifs is 1. The summed E-state index contributed by atoms with van der Waals surface area (Å²) in [5, 5.41) is 11.1. The topological polar surface area (TPSA) is 93.4 Å². The predicted octanol–water partition coefficient (Wildman–Crippen LogP) is 3.62. The molecule has 0 saturated heterocycles. The van der Waals surface area contributed by atoms with Crippen molar-refractivity contribution in [2.75, 3.05) is 32.2 Å². The van der Waals surface area contributed by atoms with Crippen molar-refractivity contribution in [2.45, 2.75) is 26.8 Å². The molecule has 0 bridgehead atoms. The van der Waals surface area contributed by atoms with Gasteiger partial charge in [-0.05, 0) is 57.2 Å². The third-order valence-electron chi connectivity index (χ3n) is 6.34. The number of hydrogen-bond acceptors (Lipinski definition) is 8. The highest BCUT2D eigenvalue weighted by Crippen LogP contribution is 2.37. The number of phenolic OH excluding ortho intramolecular Hbond substituents is 1. The molecular formula is C27H28ClN3O5S. The maximum atomic E-state index is 13.8. The van der Waals surface area contributed by atoms with E-state index < -0.39 is 12.0 Å². The zero-order valence-corrected chi connectivity index (χ0v) is 22.8. The van der Waals surface area contributed by atoms with Gasteiger partial charge in [-0.2, -0.15) is 0 Å². The molecule has 4 rings (SSSR count). The number of benzene rings is 2. The third kappa shape index (κ3) is 4.89. The van der Waals surface area contributed by atoms with E-state index in [-0.39, 0.29) is 16.9 Å². The second-order valence-electron chi connectivity index (χ2n) is 8.38. The molecule has 3 aromatic rings. The Morgan fingerprint density at radius 1 is 1.22 bits per heavy atom. The molecule has 2 heterocycles. The molecule has 0 fully saturated rings. The first-order chi connectivity index (χ1) is 17.7. The number of carbonyl (C=O) groups is 1. The fourth-order valence-corrected chi connectivity index (χ4v) is 5.70.